The summed E-state index contributed by atoms with van der Waals surface area (Å²) >= 11 is 0. The number of halogens is 2. The zero-order valence-corrected chi connectivity index (χ0v) is 11.1. The van der Waals surface area contributed by atoms with Crippen molar-refractivity contribution in [2.75, 3.05) is 0 Å². The van der Waals surface area contributed by atoms with Gasteiger partial charge in [0.05, 0.1) is 5.56 Å². The molecule has 102 valence electrons. The Balaban J connectivity index is 2.39. The maximum atomic E-state index is 14.0. The van der Waals surface area contributed by atoms with Crippen molar-refractivity contribution < 1.29 is 8.78 Å². The van der Waals surface area contributed by atoms with Crippen molar-refractivity contribution in [2.24, 2.45) is 0 Å². The molecule has 0 saturated carbocycles. The van der Waals surface area contributed by atoms with E-state index in [1.807, 2.05) is 13.8 Å². The monoisotopic (exact) mass is 273 g/mol. The van der Waals surface area contributed by atoms with Crippen LogP contribution < -0.4 is 0 Å². The average molecular weight is 273 g/mol. The van der Waals surface area contributed by atoms with Gasteiger partial charge in [-0.2, -0.15) is 5.10 Å². The third-order valence-electron chi connectivity index (χ3n) is 3.21. The van der Waals surface area contributed by atoms with Crippen molar-refractivity contribution in [1.82, 2.24) is 14.6 Å². The Labute approximate surface area is 114 Å². The second-order valence-electron chi connectivity index (χ2n) is 4.90. The van der Waals surface area contributed by atoms with Crippen molar-refractivity contribution >= 4 is 5.65 Å². The summed E-state index contributed by atoms with van der Waals surface area (Å²) in [4.78, 5) is 4.26. The van der Waals surface area contributed by atoms with Crippen LogP contribution in [-0.2, 0) is 0 Å². The fraction of sp³-hybridized carbons (Fsp3) is 0.200. The van der Waals surface area contributed by atoms with E-state index in [1.54, 1.807) is 23.0 Å². The molecule has 3 aromatic rings. The van der Waals surface area contributed by atoms with E-state index in [0.717, 1.165) is 5.56 Å². The standard InChI is InChI=1S/C15H13F2N3/c1-9(2)12-14(13-10(16)5-3-6-11(13)17)19-20-8-4-7-18-15(12)20/h3-9H,1-2H3. The van der Waals surface area contributed by atoms with Gasteiger partial charge in [0.2, 0.25) is 0 Å². The number of hydrogen-bond donors (Lipinski definition) is 0. The van der Waals surface area contributed by atoms with Crippen LogP contribution in [0.15, 0.2) is 36.7 Å². The Morgan fingerprint density at radius 2 is 1.80 bits per heavy atom. The highest BCUT2D eigenvalue weighted by Gasteiger charge is 2.22. The molecule has 3 nitrogen and oxygen atoms in total. The first kappa shape index (κ1) is 12.7. The fourth-order valence-electron chi connectivity index (χ4n) is 2.34. The van der Waals surface area contributed by atoms with Gasteiger partial charge in [-0.3, -0.25) is 0 Å². The highest BCUT2D eigenvalue weighted by atomic mass is 19.1. The quantitative estimate of drug-likeness (QED) is 0.711. The first-order chi connectivity index (χ1) is 9.59. The summed E-state index contributed by atoms with van der Waals surface area (Å²) in [5, 5.41) is 4.30. The first-order valence-corrected chi connectivity index (χ1v) is 6.37. The minimum atomic E-state index is -0.615. The van der Waals surface area contributed by atoms with Crippen molar-refractivity contribution in [2.45, 2.75) is 19.8 Å². The first-order valence-electron chi connectivity index (χ1n) is 6.37. The Kier molecular flexibility index (Phi) is 2.97. The molecule has 0 amide bonds. The van der Waals surface area contributed by atoms with Crippen LogP contribution >= 0.6 is 0 Å². The molecule has 2 heterocycles. The lowest BCUT2D eigenvalue weighted by Crippen LogP contribution is -1.95. The summed E-state index contributed by atoms with van der Waals surface area (Å²) in [6, 6.07) is 5.54. The maximum Gasteiger partial charge on any atom is 0.158 e. The molecular formula is C15H13F2N3. The molecule has 0 aliphatic rings. The predicted molar refractivity (Wildman–Crippen MR) is 72.4 cm³/mol. The summed E-state index contributed by atoms with van der Waals surface area (Å²) in [5.41, 5.74) is 1.59. The van der Waals surface area contributed by atoms with Crippen LogP contribution in [0.5, 0.6) is 0 Å². The fourth-order valence-corrected chi connectivity index (χ4v) is 2.34. The highest BCUT2D eigenvalue weighted by Crippen LogP contribution is 2.33. The number of rotatable bonds is 2. The summed E-state index contributed by atoms with van der Waals surface area (Å²) < 4.78 is 29.5. The van der Waals surface area contributed by atoms with Gasteiger partial charge in [-0.1, -0.05) is 19.9 Å². The lowest BCUT2D eigenvalue weighted by Gasteiger charge is -2.07. The second-order valence-corrected chi connectivity index (χ2v) is 4.90. The van der Waals surface area contributed by atoms with Gasteiger partial charge in [0, 0.05) is 18.0 Å². The third kappa shape index (κ3) is 1.86. The molecule has 0 saturated heterocycles. The smallest absolute Gasteiger partial charge is 0.158 e. The van der Waals surface area contributed by atoms with E-state index in [-0.39, 0.29) is 11.5 Å². The van der Waals surface area contributed by atoms with E-state index >= 15 is 0 Å². The van der Waals surface area contributed by atoms with E-state index in [1.165, 1.54) is 18.2 Å². The predicted octanol–water partition coefficient (Wildman–Crippen LogP) is 3.80. The maximum absolute atomic E-state index is 14.0. The van der Waals surface area contributed by atoms with E-state index in [4.69, 9.17) is 0 Å². The minimum absolute atomic E-state index is 0.0522. The average Bonchev–Trinajstić information content (AvgIpc) is 2.77. The molecule has 0 aliphatic carbocycles. The van der Waals surface area contributed by atoms with Crippen molar-refractivity contribution in [1.29, 1.82) is 0 Å². The molecule has 1 aromatic carbocycles. The molecule has 5 heteroatoms. The molecule has 0 unspecified atom stereocenters. The normalized spacial score (nSPS) is 11.4. The molecule has 3 rings (SSSR count). The lowest BCUT2D eigenvalue weighted by atomic mass is 9.98. The van der Waals surface area contributed by atoms with Gasteiger partial charge in [-0.05, 0) is 24.1 Å². The zero-order valence-electron chi connectivity index (χ0n) is 11.1. The third-order valence-corrected chi connectivity index (χ3v) is 3.21. The number of fused-ring (bicyclic) bond motifs is 1. The lowest BCUT2D eigenvalue weighted by molar-refractivity contribution is 0.588. The van der Waals surface area contributed by atoms with Crippen LogP contribution in [0.1, 0.15) is 25.3 Å². The second kappa shape index (κ2) is 4.67. The number of benzene rings is 1. The Hall–Kier alpha value is -2.30. The molecular weight excluding hydrogens is 260 g/mol. The Bertz CT molecular complexity index is 758. The highest BCUT2D eigenvalue weighted by molar-refractivity contribution is 5.72. The molecule has 20 heavy (non-hydrogen) atoms. The number of hydrogen-bond acceptors (Lipinski definition) is 2. The van der Waals surface area contributed by atoms with Crippen LogP contribution in [0.3, 0.4) is 0 Å². The van der Waals surface area contributed by atoms with E-state index in [9.17, 15) is 8.78 Å². The van der Waals surface area contributed by atoms with E-state index in [0.29, 0.717) is 11.3 Å². The van der Waals surface area contributed by atoms with Crippen LogP contribution in [0, 0.1) is 11.6 Å². The van der Waals surface area contributed by atoms with Crippen LogP contribution in [0.4, 0.5) is 8.78 Å². The minimum Gasteiger partial charge on any atom is -0.237 e. The van der Waals surface area contributed by atoms with E-state index in [2.05, 4.69) is 10.1 Å². The largest absolute Gasteiger partial charge is 0.237 e. The topological polar surface area (TPSA) is 30.2 Å². The molecule has 2 aromatic heterocycles. The zero-order chi connectivity index (χ0) is 14.3. The van der Waals surface area contributed by atoms with Crippen molar-refractivity contribution in [3.8, 4) is 11.3 Å². The number of nitrogens with zero attached hydrogens (tertiary/aromatic N) is 3. The van der Waals surface area contributed by atoms with Gasteiger partial charge in [-0.25, -0.2) is 18.3 Å². The van der Waals surface area contributed by atoms with Crippen LogP contribution in [-0.4, -0.2) is 14.6 Å². The molecule has 0 aliphatic heterocycles. The Morgan fingerprint density at radius 1 is 1.10 bits per heavy atom. The van der Waals surface area contributed by atoms with Crippen molar-refractivity contribution in [3.63, 3.8) is 0 Å². The Morgan fingerprint density at radius 3 is 2.45 bits per heavy atom. The van der Waals surface area contributed by atoms with Gasteiger partial charge in [0.15, 0.2) is 5.65 Å². The number of aromatic nitrogens is 3. The van der Waals surface area contributed by atoms with Gasteiger partial charge < -0.3 is 0 Å². The van der Waals surface area contributed by atoms with Crippen molar-refractivity contribution in [3.05, 3.63) is 53.9 Å². The van der Waals surface area contributed by atoms with Gasteiger partial charge in [0.25, 0.3) is 0 Å². The molecule has 0 fully saturated rings. The summed E-state index contributed by atoms with van der Waals surface area (Å²) in [7, 11) is 0. The molecule has 0 N–H and O–H groups in total. The van der Waals surface area contributed by atoms with Gasteiger partial charge in [-0.15, -0.1) is 0 Å². The van der Waals surface area contributed by atoms with E-state index < -0.39 is 11.6 Å². The summed E-state index contributed by atoms with van der Waals surface area (Å²) in [5.74, 6) is -1.18. The SMILES string of the molecule is CC(C)c1c(-c2c(F)cccc2F)nn2cccnc12. The van der Waals surface area contributed by atoms with Crippen LogP contribution in [0.2, 0.25) is 0 Å². The van der Waals surface area contributed by atoms with Crippen LogP contribution in [0.25, 0.3) is 16.9 Å². The van der Waals surface area contributed by atoms with Gasteiger partial charge >= 0.3 is 0 Å². The molecule has 0 spiro atoms. The molecule has 0 radical (unpaired) electrons. The molecule has 0 atom stereocenters. The molecule has 0 bridgehead atoms. The van der Waals surface area contributed by atoms with Gasteiger partial charge in [0.1, 0.15) is 17.3 Å². The summed E-state index contributed by atoms with van der Waals surface area (Å²) in [6.07, 6.45) is 3.36. The summed E-state index contributed by atoms with van der Waals surface area (Å²) in [6.45, 7) is 3.90.